The van der Waals surface area contributed by atoms with Gasteiger partial charge in [-0.2, -0.15) is 0 Å². The number of nitrogens with one attached hydrogen (secondary N) is 1. The Bertz CT molecular complexity index is 569. The van der Waals surface area contributed by atoms with Crippen molar-refractivity contribution in [2.45, 2.75) is 26.5 Å². The van der Waals surface area contributed by atoms with E-state index in [1.165, 1.54) is 0 Å². The minimum Gasteiger partial charge on any atom is -0.497 e. The fraction of sp³-hybridized carbons (Fsp3) is 0.467. The minimum absolute atomic E-state index is 0.379. The zero-order valence-corrected chi connectivity index (χ0v) is 12.8. The summed E-state index contributed by atoms with van der Waals surface area (Å²) in [5, 5.41) is 11.2. The van der Waals surface area contributed by atoms with Crippen molar-refractivity contribution in [1.82, 2.24) is 20.1 Å². The molecule has 0 aliphatic carbocycles. The van der Waals surface area contributed by atoms with Gasteiger partial charge in [0.15, 0.2) is 5.82 Å². The Hall–Kier alpha value is -2.08. The van der Waals surface area contributed by atoms with Crippen LogP contribution in [0.2, 0.25) is 0 Å². The smallest absolute Gasteiger partial charge is 0.170 e. The first-order valence-electron chi connectivity index (χ1n) is 7.08. The van der Waals surface area contributed by atoms with Crippen molar-refractivity contribution in [3.8, 4) is 11.5 Å². The van der Waals surface area contributed by atoms with Crippen molar-refractivity contribution in [2.75, 3.05) is 13.7 Å². The summed E-state index contributed by atoms with van der Waals surface area (Å²) in [6.45, 7) is 4.28. The van der Waals surface area contributed by atoms with Gasteiger partial charge in [-0.3, -0.25) is 0 Å². The lowest BCUT2D eigenvalue weighted by molar-refractivity contribution is 0.285. The number of nitrogens with zero attached hydrogens (tertiary/aromatic N) is 3. The number of aromatic nitrogens is 3. The van der Waals surface area contributed by atoms with E-state index in [-0.39, 0.29) is 0 Å². The number of aryl methyl sites for hydroxylation is 1. The zero-order chi connectivity index (χ0) is 15.1. The summed E-state index contributed by atoms with van der Waals surface area (Å²) in [5.74, 6) is 2.37. The van der Waals surface area contributed by atoms with E-state index < -0.39 is 0 Å². The highest BCUT2D eigenvalue weighted by atomic mass is 16.5. The van der Waals surface area contributed by atoms with Crippen molar-refractivity contribution in [3.63, 3.8) is 0 Å². The molecule has 0 unspecified atom stereocenters. The van der Waals surface area contributed by atoms with E-state index in [1.54, 1.807) is 13.4 Å². The highest BCUT2D eigenvalue weighted by Crippen LogP contribution is 2.25. The first kappa shape index (κ1) is 15.3. The topological polar surface area (TPSA) is 61.2 Å². The van der Waals surface area contributed by atoms with Crippen LogP contribution in [0.4, 0.5) is 0 Å². The second-order valence-electron chi connectivity index (χ2n) is 4.80. The summed E-state index contributed by atoms with van der Waals surface area (Å²) in [6.07, 6.45) is 2.76. The molecule has 6 heteroatoms. The third-order valence-corrected chi connectivity index (χ3v) is 3.18. The molecule has 1 N–H and O–H groups in total. The molecular formula is C15H22N4O2. The molecule has 0 aliphatic heterocycles. The molecule has 1 heterocycles. The average Bonchev–Trinajstić information content (AvgIpc) is 2.91. The summed E-state index contributed by atoms with van der Waals surface area (Å²) in [6, 6.07) is 5.87. The molecule has 0 spiro atoms. The third kappa shape index (κ3) is 4.19. The summed E-state index contributed by atoms with van der Waals surface area (Å²) >= 11 is 0. The van der Waals surface area contributed by atoms with Gasteiger partial charge in [-0.25, -0.2) is 0 Å². The number of methoxy groups -OCH3 is 1. The normalized spacial score (nSPS) is 10.6. The van der Waals surface area contributed by atoms with Gasteiger partial charge in [0.25, 0.3) is 0 Å². The lowest BCUT2D eigenvalue weighted by Gasteiger charge is -2.13. The molecule has 0 atom stereocenters. The van der Waals surface area contributed by atoms with Gasteiger partial charge in [0.05, 0.1) is 7.11 Å². The van der Waals surface area contributed by atoms with E-state index in [0.717, 1.165) is 42.4 Å². The van der Waals surface area contributed by atoms with Crippen LogP contribution in [0, 0.1) is 0 Å². The van der Waals surface area contributed by atoms with Crippen LogP contribution in [0.3, 0.4) is 0 Å². The maximum atomic E-state index is 5.89. The van der Waals surface area contributed by atoms with E-state index in [9.17, 15) is 0 Å². The van der Waals surface area contributed by atoms with Crippen LogP contribution in [0.1, 0.15) is 24.7 Å². The van der Waals surface area contributed by atoms with E-state index >= 15 is 0 Å². The fourth-order valence-electron chi connectivity index (χ4n) is 1.92. The van der Waals surface area contributed by atoms with E-state index in [4.69, 9.17) is 9.47 Å². The molecule has 6 nitrogen and oxygen atoms in total. The van der Waals surface area contributed by atoms with Gasteiger partial charge < -0.3 is 19.4 Å². The monoisotopic (exact) mass is 290 g/mol. The maximum Gasteiger partial charge on any atom is 0.170 e. The molecule has 0 saturated heterocycles. The summed E-state index contributed by atoms with van der Waals surface area (Å²) < 4.78 is 13.0. The Labute approximate surface area is 125 Å². The molecule has 0 radical (unpaired) electrons. The van der Waals surface area contributed by atoms with Gasteiger partial charge in [-0.15, -0.1) is 10.2 Å². The molecule has 2 aromatic rings. The van der Waals surface area contributed by atoms with E-state index in [1.807, 2.05) is 29.8 Å². The van der Waals surface area contributed by atoms with Gasteiger partial charge >= 0.3 is 0 Å². The highest BCUT2D eigenvalue weighted by Gasteiger charge is 2.08. The third-order valence-electron chi connectivity index (χ3n) is 3.18. The molecule has 0 saturated carbocycles. The largest absolute Gasteiger partial charge is 0.497 e. The van der Waals surface area contributed by atoms with Gasteiger partial charge in [-0.1, -0.05) is 13.0 Å². The van der Waals surface area contributed by atoms with Gasteiger partial charge in [0.1, 0.15) is 24.4 Å². The van der Waals surface area contributed by atoms with Crippen LogP contribution < -0.4 is 14.8 Å². The average molecular weight is 290 g/mol. The first-order chi connectivity index (χ1) is 10.2. The van der Waals surface area contributed by atoms with Crippen LogP contribution in [0.15, 0.2) is 24.5 Å². The van der Waals surface area contributed by atoms with Crippen LogP contribution in [0.5, 0.6) is 11.5 Å². The van der Waals surface area contributed by atoms with Crippen molar-refractivity contribution < 1.29 is 9.47 Å². The molecule has 0 amide bonds. The van der Waals surface area contributed by atoms with Crippen molar-refractivity contribution >= 4 is 0 Å². The number of benzene rings is 1. The summed E-state index contributed by atoms with van der Waals surface area (Å²) in [4.78, 5) is 0. The molecule has 21 heavy (non-hydrogen) atoms. The minimum atomic E-state index is 0.379. The second kappa shape index (κ2) is 7.64. The fourth-order valence-corrected chi connectivity index (χ4v) is 1.92. The van der Waals surface area contributed by atoms with Crippen molar-refractivity contribution in [3.05, 3.63) is 35.9 Å². The predicted octanol–water partition coefficient (Wildman–Crippen LogP) is 1.90. The quantitative estimate of drug-likeness (QED) is 0.752. The highest BCUT2D eigenvalue weighted by molar-refractivity contribution is 5.40. The van der Waals surface area contributed by atoms with Crippen LogP contribution in [0.25, 0.3) is 0 Å². The SMILES string of the molecule is CCCNCc1ccc(OC)cc1OCc1nncn1C. The predicted molar refractivity (Wildman–Crippen MR) is 80.3 cm³/mol. The summed E-state index contributed by atoms with van der Waals surface area (Å²) in [5.41, 5.74) is 1.10. The lowest BCUT2D eigenvalue weighted by Crippen LogP contribution is -2.15. The van der Waals surface area contributed by atoms with Crippen LogP contribution >= 0.6 is 0 Å². The summed E-state index contributed by atoms with van der Waals surface area (Å²) in [7, 11) is 3.55. The van der Waals surface area contributed by atoms with Crippen LogP contribution in [-0.4, -0.2) is 28.4 Å². The van der Waals surface area contributed by atoms with Crippen molar-refractivity contribution in [2.24, 2.45) is 7.05 Å². The molecule has 0 bridgehead atoms. The second-order valence-corrected chi connectivity index (χ2v) is 4.80. The number of rotatable bonds is 8. The standard InChI is InChI=1S/C15H22N4O2/c1-4-7-16-9-12-5-6-13(20-3)8-14(12)21-10-15-18-17-11-19(15)2/h5-6,8,11,16H,4,7,9-10H2,1-3H3. The molecule has 0 aliphatic rings. The Morgan fingerprint density at radius 1 is 1.33 bits per heavy atom. The van der Waals surface area contributed by atoms with E-state index in [2.05, 4.69) is 22.4 Å². The van der Waals surface area contributed by atoms with Gasteiger partial charge in [0.2, 0.25) is 0 Å². The van der Waals surface area contributed by atoms with Gasteiger partial charge in [0, 0.05) is 25.2 Å². The Balaban J connectivity index is 2.08. The molecule has 0 fully saturated rings. The molecular weight excluding hydrogens is 268 g/mol. The Morgan fingerprint density at radius 3 is 2.86 bits per heavy atom. The first-order valence-corrected chi connectivity index (χ1v) is 7.08. The Morgan fingerprint density at radius 2 is 2.19 bits per heavy atom. The maximum absolute atomic E-state index is 5.89. The van der Waals surface area contributed by atoms with Crippen molar-refractivity contribution in [1.29, 1.82) is 0 Å². The van der Waals surface area contributed by atoms with E-state index in [0.29, 0.717) is 6.61 Å². The number of ether oxygens (including phenoxy) is 2. The number of hydrogen-bond donors (Lipinski definition) is 1. The van der Waals surface area contributed by atoms with Gasteiger partial charge in [-0.05, 0) is 19.0 Å². The number of hydrogen-bond acceptors (Lipinski definition) is 5. The lowest BCUT2D eigenvalue weighted by atomic mass is 10.2. The Kier molecular flexibility index (Phi) is 5.57. The molecule has 114 valence electrons. The molecule has 1 aromatic heterocycles. The molecule has 2 rings (SSSR count). The van der Waals surface area contributed by atoms with Crippen LogP contribution in [-0.2, 0) is 20.2 Å². The zero-order valence-electron chi connectivity index (χ0n) is 12.8. The molecule has 1 aromatic carbocycles.